The van der Waals surface area contributed by atoms with E-state index in [4.69, 9.17) is 9.47 Å². The Morgan fingerprint density at radius 3 is 2.50 bits per heavy atom. The Bertz CT molecular complexity index is 846. The largest absolute Gasteiger partial charge is 0.493 e. The summed E-state index contributed by atoms with van der Waals surface area (Å²) >= 11 is 0. The van der Waals surface area contributed by atoms with Gasteiger partial charge in [0.2, 0.25) is 0 Å². The first kappa shape index (κ1) is 17.8. The van der Waals surface area contributed by atoms with E-state index in [-0.39, 0.29) is 17.2 Å². The maximum atomic E-state index is 12.1. The van der Waals surface area contributed by atoms with Crippen LogP contribution in [0.4, 0.5) is 5.69 Å². The van der Waals surface area contributed by atoms with Crippen molar-refractivity contribution < 1.29 is 22.7 Å². The zero-order valence-corrected chi connectivity index (χ0v) is 14.5. The number of carbonyl (C=O) groups excluding carboxylic acids is 1. The van der Waals surface area contributed by atoms with Crippen LogP contribution in [0.15, 0.2) is 47.4 Å². The highest BCUT2D eigenvalue weighted by Gasteiger charge is 2.15. The maximum Gasteiger partial charge on any atom is 0.262 e. The lowest BCUT2D eigenvalue weighted by Gasteiger charge is -2.12. The fraction of sp³-hybridized carbons (Fsp3) is 0.235. The number of para-hydroxylation sites is 1. The smallest absolute Gasteiger partial charge is 0.262 e. The van der Waals surface area contributed by atoms with E-state index < -0.39 is 15.7 Å². The van der Waals surface area contributed by atoms with Gasteiger partial charge < -0.3 is 14.8 Å². The number of anilines is 1. The molecule has 2 aromatic rings. The van der Waals surface area contributed by atoms with E-state index >= 15 is 0 Å². The number of sulfone groups is 1. The molecule has 1 amide bonds. The van der Waals surface area contributed by atoms with Gasteiger partial charge in [-0.25, -0.2) is 8.42 Å². The van der Waals surface area contributed by atoms with Crippen molar-refractivity contribution in [3.8, 4) is 11.5 Å². The molecule has 0 bridgehead atoms. The van der Waals surface area contributed by atoms with Gasteiger partial charge in [-0.15, -0.1) is 0 Å². The summed E-state index contributed by atoms with van der Waals surface area (Å²) in [6.45, 7) is 1.65. The Hall–Kier alpha value is -2.54. The highest BCUT2D eigenvalue weighted by atomic mass is 32.2. The van der Waals surface area contributed by atoms with Crippen molar-refractivity contribution in [3.05, 3.63) is 48.0 Å². The number of hydrogen-bond acceptors (Lipinski definition) is 5. The van der Waals surface area contributed by atoms with Crippen molar-refractivity contribution in [2.24, 2.45) is 0 Å². The van der Waals surface area contributed by atoms with Gasteiger partial charge in [0, 0.05) is 6.26 Å². The van der Waals surface area contributed by atoms with Gasteiger partial charge in [0.1, 0.15) is 0 Å². The predicted molar refractivity (Wildman–Crippen MR) is 91.4 cm³/mol. The summed E-state index contributed by atoms with van der Waals surface area (Å²) in [5.74, 6) is 0.503. The SMILES string of the molecule is COc1cc(C)ccc1OCC(=O)Nc1ccccc1S(C)(=O)=O. The van der Waals surface area contributed by atoms with E-state index in [1.165, 1.54) is 19.2 Å². The van der Waals surface area contributed by atoms with Gasteiger partial charge in [0.25, 0.3) is 5.91 Å². The van der Waals surface area contributed by atoms with Gasteiger partial charge in [-0.1, -0.05) is 18.2 Å². The second-order valence-electron chi connectivity index (χ2n) is 5.26. The maximum absolute atomic E-state index is 12.1. The van der Waals surface area contributed by atoms with Crippen LogP contribution in [0, 0.1) is 6.92 Å². The molecule has 0 heterocycles. The van der Waals surface area contributed by atoms with Crippen LogP contribution in [0.25, 0.3) is 0 Å². The molecule has 0 aromatic heterocycles. The van der Waals surface area contributed by atoms with Gasteiger partial charge in [-0.2, -0.15) is 0 Å². The minimum Gasteiger partial charge on any atom is -0.493 e. The van der Waals surface area contributed by atoms with Crippen molar-refractivity contribution in [2.75, 3.05) is 25.3 Å². The van der Waals surface area contributed by atoms with Crippen molar-refractivity contribution in [3.63, 3.8) is 0 Å². The van der Waals surface area contributed by atoms with E-state index in [1.54, 1.807) is 24.3 Å². The Morgan fingerprint density at radius 1 is 1.12 bits per heavy atom. The molecule has 0 aliphatic carbocycles. The minimum absolute atomic E-state index is 0.0614. The molecule has 0 spiro atoms. The Kier molecular flexibility index (Phi) is 5.46. The van der Waals surface area contributed by atoms with Crippen LogP contribution in [-0.2, 0) is 14.6 Å². The van der Waals surface area contributed by atoms with Crippen molar-refractivity contribution in [2.45, 2.75) is 11.8 Å². The molecular formula is C17H19NO5S. The molecule has 0 aliphatic heterocycles. The Labute approximate surface area is 141 Å². The van der Waals surface area contributed by atoms with E-state index in [1.807, 2.05) is 13.0 Å². The number of amides is 1. The number of carbonyl (C=O) groups is 1. The van der Waals surface area contributed by atoms with Crippen LogP contribution in [0.3, 0.4) is 0 Å². The zero-order chi connectivity index (χ0) is 17.7. The number of methoxy groups -OCH3 is 1. The molecule has 0 saturated carbocycles. The second-order valence-corrected chi connectivity index (χ2v) is 7.24. The first-order valence-corrected chi connectivity index (χ1v) is 9.07. The molecule has 2 aromatic carbocycles. The van der Waals surface area contributed by atoms with Gasteiger partial charge in [0.15, 0.2) is 27.9 Å². The van der Waals surface area contributed by atoms with E-state index in [0.717, 1.165) is 11.8 Å². The highest BCUT2D eigenvalue weighted by Crippen LogP contribution is 2.27. The lowest BCUT2D eigenvalue weighted by molar-refractivity contribution is -0.118. The topological polar surface area (TPSA) is 81.7 Å². The van der Waals surface area contributed by atoms with Gasteiger partial charge in [-0.05, 0) is 36.8 Å². The molecule has 1 N–H and O–H groups in total. The number of aryl methyl sites for hydroxylation is 1. The fourth-order valence-electron chi connectivity index (χ4n) is 2.12. The molecule has 0 unspecified atom stereocenters. The normalized spacial score (nSPS) is 11.0. The number of nitrogens with one attached hydrogen (secondary N) is 1. The third kappa shape index (κ3) is 4.48. The number of hydrogen-bond donors (Lipinski definition) is 1. The molecule has 24 heavy (non-hydrogen) atoms. The molecule has 6 nitrogen and oxygen atoms in total. The van der Waals surface area contributed by atoms with Crippen LogP contribution in [0.2, 0.25) is 0 Å². The number of rotatable bonds is 6. The average molecular weight is 349 g/mol. The molecule has 7 heteroatoms. The standard InChI is InChI=1S/C17H19NO5S/c1-12-8-9-14(15(10-12)22-2)23-11-17(19)18-13-6-4-5-7-16(13)24(3,20)21/h4-10H,11H2,1-3H3,(H,18,19). The van der Waals surface area contributed by atoms with E-state index in [9.17, 15) is 13.2 Å². The quantitative estimate of drug-likeness (QED) is 0.866. The zero-order valence-electron chi connectivity index (χ0n) is 13.7. The number of ether oxygens (including phenoxy) is 2. The van der Waals surface area contributed by atoms with Crippen LogP contribution in [0.5, 0.6) is 11.5 Å². The molecule has 2 rings (SSSR count). The first-order chi connectivity index (χ1) is 11.3. The molecular weight excluding hydrogens is 330 g/mol. The van der Waals surface area contributed by atoms with Crippen LogP contribution < -0.4 is 14.8 Å². The van der Waals surface area contributed by atoms with Crippen molar-refractivity contribution in [1.29, 1.82) is 0 Å². The van der Waals surface area contributed by atoms with Crippen molar-refractivity contribution >= 4 is 21.4 Å². The molecule has 0 aliphatic rings. The Morgan fingerprint density at radius 2 is 1.83 bits per heavy atom. The third-order valence-electron chi connectivity index (χ3n) is 3.24. The molecule has 128 valence electrons. The lowest BCUT2D eigenvalue weighted by Crippen LogP contribution is -2.21. The monoisotopic (exact) mass is 349 g/mol. The van der Waals surface area contributed by atoms with Crippen molar-refractivity contribution in [1.82, 2.24) is 0 Å². The molecule has 0 atom stereocenters. The molecule has 0 radical (unpaired) electrons. The average Bonchev–Trinajstić information content (AvgIpc) is 2.53. The van der Waals surface area contributed by atoms with Crippen LogP contribution in [-0.4, -0.2) is 34.3 Å². The van der Waals surface area contributed by atoms with Crippen LogP contribution >= 0.6 is 0 Å². The van der Waals surface area contributed by atoms with E-state index in [2.05, 4.69) is 5.32 Å². The second kappa shape index (κ2) is 7.35. The summed E-state index contributed by atoms with van der Waals surface area (Å²) in [7, 11) is -1.92. The summed E-state index contributed by atoms with van der Waals surface area (Å²) in [6, 6.07) is 11.6. The summed E-state index contributed by atoms with van der Waals surface area (Å²) < 4.78 is 34.1. The summed E-state index contributed by atoms with van der Waals surface area (Å²) in [4.78, 5) is 12.1. The summed E-state index contributed by atoms with van der Waals surface area (Å²) in [6.07, 6.45) is 1.09. The van der Waals surface area contributed by atoms with Gasteiger partial charge in [-0.3, -0.25) is 4.79 Å². The summed E-state index contributed by atoms with van der Waals surface area (Å²) in [5, 5.41) is 2.55. The van der Waals surface area contributed by atoms with Crippen LogP contribution in [0.1, 0.15) is 5.56 Å². The van der Waals surface area contributed by atoms with Gasteiger partial charge >= 0.3 is 0 Å². The highest BCUT2D eigenvalue weighted by molar-refractivity contribution is 7.90. The third-order valence-corrected chi connectivity index (χ3v) is 4.39. The predicted octanol–water partition coefficient (Wildman–Crippen LogP) is 2.42. The summed E-state index contributed by atoms with van der Waals surface area (Å²) in [5.41, 5.74) is 1.23. The minimum atomic E-state index is -3.44. The number of benzene rings is 2. The fourth-order valence-corrected chi connectivity index (χ4v) is 2.96. The Balaban J connectivity index is 2.08. The molecule has 0 saturated heterocycles. The van der Waals surface area contributed by atoms with E-state index in [0.29, 0.717) is 11.5 Å². The lowest BCUT2D eigenvalue weighted by atomic mass is 10.2. The van der Waals surface area contributed by atoms with Gasteiger partial charge in [0.05, 0.1) is 17.7 Å². The first-order valence-electron chi connectivity index (χ1n) is 7.17. The molecule has 0 fully saturated rings.